The quantitative estimate of drug-likeness (QED) is 0.169. The summed E-state index contributed by atoms with van der Waals surface area (Å²) in [5.74, 6) is 0. The van der Waals surface area contributed by atoms with Crippen LogP contribution in [-0.4, -0.2) is 0 Å². The van der Waals surface area contributed by atoms with Crippen molar-refractivity contribution >= 4 is 53.9 Å². The summed E-state index contributed by atoms with van der Waals surface area (Å²) in [7, 11) is 0. The van der Waals surface area contributed by atoms with Gasteiger partial charge in [-0.3, -0.25) is 0 Å². The van der Waals surface area contributed by atoms with Gasteiger partial charge in [0.05, 0.1) is 0 Å². The summed E-state index contributed by atoms with van der Waals surface area (Å²) in [5.41, 5.74) is 9.99. The first-order valence-electron chi connectivity index (χ1n) is 17.4. The van der Waals surface area contributed by atoms with Crippen molar-refractivity contribution in [2.45, 2.75) is 0 Å². The predicted octanol–water partition coefficient (Wildman–Crippen LogP) is 14.1. The predicted molar refractivity (Wildman–Crippen MR) is 216 cm³/mol. The maximum absolute atomic E-state index is 2.44. The van der Waals surface area contributed by atoms with Gasteiger partial charge in [-0.05, 0) is 111 Å². The molecule has 0 radical (unpaired) electrons. The normalized spacial score (nSPS) is 11.6. The molecule has 0 N–H and O–H groups in total. The smallest absolute Gasteiger partial charge is 0.00199 e. The van der Waals surface area contributed by atoms with Crippen LogP contribution in [0.15, 0.2) is 194 Å². The standard InChI is InChI=1S/C50H32/c1-2-16-36-31-37(28-27-33(36)13-1)38-29-30-47-48(32-38)50(43-26-12-18-35-15-4-6-20-40(35)43)46-24-10-9-23-45(46)49(47)44-22-8-7-21-42(44)41-25-11-17-34-14-3-5-19-39(34)41/h1-32H. The van der Waals surface area contributed by atoms with Gasteiger partial charge >= 0.3 is 0 Å². The van der Waals surface area contributed by atoms with Crippen LogP contribution in [0, 0.1) is 0 Å². The minimum absolute atomic E-state index is 1.22. The topological polar surface area (TPSA) is 0 Å². The Kier molecular flexibility index (Phi) is 6.60. The Labute approximate surface area is 291 Å². The molecule has 0 heterocycles. The first kappa shape index (κ1) is 28.5. The SMILES string of the molecule is c1ccc(-c2c3ccccc3c(-c3cccc4ccccc34)c3cc(-c4ccc5ccccc5c4)ccc23)c(-c2cccc3ccccc23)c1. The molecule has 0 amide bonds. The Morgan fingerprint density at radius 3 is 1.36 bits per heavy atom. The highest BCUT2D eigenvalue weighted by atomic mass is 14.2. The van der Waals surface area contributed by atoms with Gasteiger partial charge in [0.2, 0.25) is 0 Å². The van der Waals surface area contributed by atoms with E-state index in [9.17, 15) is 0 Å². The van der Waals surface area contributed by atoms with Gasteiger partial charge < -0.3 is 0 Å². The van der Waals surface area contributed by atoms with E-state index in [2.05, 4.69) is 194 Å². The lowest BCUT2D eigenvalue weighted by Crippen LogP contribution is -1.94. The van der Waals surface area contributed by atoms with Crippen molar-refractivity contribution < 1.29 is 0 Å². The molecule has 50 heavy (non-hydrogen) atoms. The van der Waals surface area contributed by atoms with Crippen molar-refractivity contribution in [1.82, 2.24) is 0 Å². The average molecular weight is 633 g/mol. The van der Waals surface area contributed by atoms with Crippen molar-refractivity contribution in [3.05, 3.63) is 194 Å². The molecule has 0 aliphatic rings. The van der Waals surface area contributed by atoms with Gasteiger partial charge in [-0.2, -0.15) is 0 Å². The first-order chi connectivity index (χ1) is 24.8. The Hall–Kier alpha value is -6.50. The summed E-state index contributed by atoms with van der Waals surface area (Å²) in [6.07, 6.45) is 0. The molecule has 0 aliphatic heterocycles. The van der Waals surface area contributed by atoms with E-state index < -0.39 is 0 Å². The summed E-state index contributed by atoms with van der Waals surface area (Å²) in [4.78, 5) is 0. The minimum atomic E-state index is 1.22. The van der Waals surface area contributed by atoms with Gasteiger partial charge in [-0.1, -0.05) is 182 Å². The second-order valence-electron chi connectivity index (χ2n) is 13.2. The van der Waals surface area contributed by atoms with Crippen molar-refractivity contribution in [3.63, 3.8) is 0 Å². The average Bonchev–Trinajstić information content (AvgIpc) is 3.19. The van der Waals surface area contributed by atoms with Crippen molar-refractivity contribution in [2.75, 3.05) is 0 Å². The molecule has 0 bridgehead atoms. The van der Waals surface area contributed by atoms with E-state index in [1.807, 2.05) is 0 Å². The molecule has 0 saturated heterocycles. The molecule has 0 spiro atoms. The third-order valence-electron chi connectivity index (χ3n) is 10.4. The van der Waals surface area contributed by atoms with Crippen molar-refractivity contribution in [2.24, 2.45) is 0 Å². The van der Waals surface area contributed by atoms with Gasteiger partial charge in [0.25, 0.3) is 0 Å². The van der Waals surface area contributed by atoms with Crippen LogP contribution in [0.25, 0.3) is 98.4 Å². The summed E-state index contributed by atoms with van der Waals surface area (Å²) in [6.45, 7) is 0. The highest BCUT2D eigenvalue weighted by molar-refractivity contribution is 6.25. The summed E-state index contributed by atoms with van der Waals surface area (Å²) < 4.78 is 0. The summed E-state index contributed by atoms with van der Waals surface area (Å²) >= 11 is 0. The van der Waals surface area contributed by atoms with Crippen LogP contribution < -0.4 is 0 Å². The second-order valence-corrected chi connectivity index (χ2v) is 13.2. The molecule has 0 aromatic heterocycles. The van der Waals surface area contributed by atoms with Gasteiger partial charge in [0.15, 0.2) is 0 Å². The van der Waals surface area contributed by atoms with Crippen LogP contribution in [0.3, 0.4) is 0 Å². The first-order valence-corrected chi connectivity index (χ1v) is 17.4. The van der Waals surface area contributed by atoms with Crippen LogP contribution in [0.1, 0.15) is 0 Å². The largest absolute Gasteiger partial charge is 0.0616 e. The Balaban J connectivity index is 1.34. The van der Waals surface area contributed by atoms with E-state index in [-0.39, 0.29) is 0 Å². The molecule has 0 nitrogen and oxygen atoms in total. The van der Waals surface area contributed by atoms with Crippen LogP contribution in [-0.2, 0) is 0 Å². The molecule has 0 unspecified atom stereocenters. The van der Waals surface area contributed by atoms with Gasteiger partial charge in [-0.25, -0.2) is 0 Å². The highest BCUT2D eigenvalue weighted by Crippen LogP contribution is 2.48. The molecule has 0 atom stereocenters. The maximum Gasteiger partial charge on any atom is -0.00199 e. The Bertz CT molecular complexity index is 2920. The molecule has 232 valence electrons. The second kappa shape index (κ2) is 11.6. The highest BCUT2D eigenvalue weighted by Gasteiger charge is 2.21. The lowest BCUT2D eigenvalue weighted by molar-refractivity contribution is 1.62. The minimum Gasteiger partial charge on any atom is -0.0616 e. The number of benzene rings is 10. The van der Waals surface area contributed by atoms with Crippen LogP contribution >= 0.6 is 0 Å². The summed E-state index contributed by atoms with van der Waals surface area (Å²) in [5, 5.41) is 12.6. The van der Waals surface area contributed by atoms with Gasteiger partial charge in [0, 0.05) is 0 Å². The molecule has 0 saturated carbocycles. The monoisotopic (exact) mass is 632 g/mol. The van der Waals surface area contributed by atoms with E-state index in [4.69, 9.17) is 0 Å². The van der Waals surface area contributed by atoms with E-state index in [1.165, 1.54) is 98.4 Å². The zero-order valence-electron chi connectivity index (χ0n) is 27.5. The zero-order chi connectivity index (χ0) is 33.0. The lowest BCUT2D eigenvalue weighted by atomic mass is 9.82. The number of hydrogen-bond acceptors (Lipinski definition) is 0. The molecule has 0 fully saturated rings. The van der Waals surface area contributed by atoms with Gasteiger partial charge in [0.1, 0.15) is 0 Å². The molecule has 10 rings (SSSR count). The van der Waals surface area contributed by atoms with Crippen LogP contribution in [0.4, 0.5) is 0 Å². The number of hydrogen-bond donors (Lipinski definition) is 0. The fraction of sp³-hybridized carbons (Fsp3) is 0. The number of rotatable bonds is 4. The fourth-order valence-corrected chi connectivity index (χ4v) is 8.15. The Morgan fingerprint density at radius 2 is 0.640 bits per heavy atom. The third kappa shape index (κ3) is 4.54. The summed E-state index contributed by atoms with van der Waals surface area (Å²) in [6, 6.07) is 71.4. The van der Waals surface area contributed by atoms with E-state index in [0.29, 0.717) is 0 Å². The van der Waals surface area contributed by atoms with Crippen molar-refractivity contribution in [3.8, 4) is 44.5 Å². The van der Waals surface area contributed by atoms with E-state index in [1.54, 1.807) is 0 Å². The number of fused-ring (bicyclic) bond motifs is 5. The van der Waals surface area contributed by atoms with E-state index in [0.717, 1.165) is 0 Å². The molecule has 10 aromatic rings. The Morgan fingerprint density at radius 1 is 0.200 bits per heavy atom. The molecular weight excluding hydrogens is 601 g/mol. The van der Waals surface area contributed by atoms with Gasteiger partial charge in [-0.15, -0.1) is 0 Å². The maximum atomic E-state index is 2.44. The van der Waals surface area contributed by atoms with Crippen molar-refractivity contribution in [1.29, 1.82) is 0 Å². The third-order valence-corrected chi connectivity index (χ3v) is 10.4. The molecule has 10 aromatic carbocycles. The molecule has 0 heteroatoms. The van der Waals surface area contributed by atoms with Crippen LogP contribution in [0.5, 0.6) is 0 Å². The van der Waals surface area contributed by atoms with Crippen LogP contribution in [0.2, 0.25) is 0 Å². The lowest BCUT2D eigenvalue weighted by Gasteiger charge is -2.21. The zero-order valence-corrected chi connectivity index (χ0v) is 27.5. The molecular formula is C50H32. The van der Waals surface area contributed by atoms with E-state index >= 15 is 0 Å². The molecule has 0 aliphatic carbocycles. The fourth-order valence-electron chi connectivity index (χ4n) is 8.15.